The van der Waals surface area contributed by atoms with Crippen LogP contribution in [-0.4, -0.2) is 32.4 Å². The Morgan fingerprint density at radius 1 is 1.53 bits per heavy atom. The van der Waals surface area contributed by atoms with Gasteiger partial charge in [0.05, 0.1) is 25.9 Å². The van der Waals surface area contributed by atoms with E-state index in [1.54, 1.807) is 6.07 Å². The zero-order valence-corrected chi connectivity index (χ0v) is 11.0. The lowest BCUT2D eigenvalue weighted by molar-refractivity contribution is -0.0358. The summed E-state index contributed by atoms with van der Waals surface area (Å²) in [7, 11) is 0. The third kappa shape index (κ3) is 4.03. The lowest BCUT2D eigenvalue weighted by Crippen LogP contribution is -2.40. The van der Waals surface area contributed by atoms with E-state index >= 15 is 0 Å². The topological polar surface area (TPSA) is 30.5 Å². The van der Waals surface area contributed by atoms with Crippen molar-refractivity contribution in [2.45, 2.75) is 12.7 Å². The van der Waals surface area contributed by atoms with Crippen LogP contribution in [0.5, 0.6) is 0 Å². The smallest absolute Gasteiger partial charge is 0.123 e. The van der Waals surface area contributed by atoms with Crippen molar-refractivity contribution in [3.05, 3.63) is 34.1 Å². The molecule has 0 aliphatic carbocycles. The standard InChI is InChI=1S/C12H15BrFNO2/c13-12-2-1-10(14)5-9(12)7-16-8-11-6-15-3-4-17-11/h1-2,5,11,15H,3-4,6-8H2. The second kappa shape index (κ2) is 6.44. The lowest BCUT2D eigenvalue weighted by atomic mass is 10.2. The summed E-state index contributed by atoms with van der Waals surface area (Å²) in [6.45, 7) is 3.34. The van der Waals surface area contributed by atoms with Gasteiger partial charge in [0.25, 0.3) is 0 Å². The van der Waals surface area contributed by atoms with Gasteiger partial charge < -0.3 is 14.8 Å². The van der Waals surface area contributed by atoms with Crippen LogP contribution >= 0.6 is 15.9 Å². The second-order valence-electron chi connectivity index (χ2n) is 3.95. The molecular formula is C12H15BrFNO2. The summed E-state index contributed by atoms with van der Waals surface area (Å²) in [6.07, 6.45) is 0.0936. The molecule has 0 bridgehead atoms. The van der Waals surface area contributed by atoms with Crippen LogP contribution in [0.4, 0.5) is 4.39 Å². The molecule has 1 aliphatic heterocycles. The van der Waals surface area contributed by atoms with E-state index in [0.717, 1.165) is 29.7 Å². The molecule has 5 heteroatoms. The highest BCUT2D eigenvalue weighted by Gasteiger charge is 2.13. The third-order valence-corrected chi connectivity index (χ3v) is 3.35. The van der Waals surface area contributed by atoms with Gasteiger partial charge >= 0.3 is 0 Å². The number of benzene rings is 1. The zero-order valence-electron chi connectivity index (χ0n) is 9.42. The van der Waals surface area contributed by atoms with E-state index in [1.807, 2.05) is 0 Å². The fourth-order valence-electron chi connectivity index (χ4n) is 1.68. The van der Waals surface area contributed by atoms with E-state index in [1.165, 1.54) is 12.1 Å². The van der Waals surface area contributed by atoms with Crippen LogP contribution in [0.1, 0.15) is 5.56 Å². The van der Waals surface area contributed by atoms with Crippen molar-refractivity contribution in [2.24, 2.45) is 0 Å². The van der Waals surface area contributed by atoms with Crippen LogP contribution in [0.25, 0.3) is 0 Å². The van der Waals surface area contributed by atoms with Crippen LogP contribution in [0.2, 0.25) is 0 Å². The summed E-state index contributed by atoms with van der Waals surface area (Å²) in [5.74, 6) is -0.248. The number of nitrogens with one attached hydrogen (secondary N) is 1. The molecule has 1 heterocycles. The Balaban J connectivity index is 1.79. The molecule has 1 saturated heterocycles. The minimum Gasteiger partial charge on any atom is -0.374 e. The van der Waals surface area contributed by atoms with Crippen molar-refractivity contribution < 1.29 is 13.9 Å². The first-order valence-electron chi connectivity index (χ1n) is 5.59. The first-order valence-corrected chi connectivity index (χ1v) is 6.39. The van der Waals surface area contributed by atoms with Crippen LogP contribution in [-0.2, 0) is 16.1 Å². The highest BCUT2D eigenvalue weighted by atomic mass is 79.9. The predicted molar refractivity (Wildman–Crippen MR) is 66.4 cm³/mol. The summed E-state index contributed by atoms with van der Waals surface area (Å²) in [6, 6.07) is 4.58. The highest BCUT2D eigenvalue weighted by molar-refractivity contribution is 9.10. The Morgan fingerprint density at radius 2 is 2.41 bits per heavy atom. The van der Waals surface area contributed by atoms with Crippen LogP contribution in [0.3, 0.4) is 0 Å². The molecule has 3 nitrogen and oxygen atoms in total. The molecule has 1 aromatic carbocycles. The maximum Gasteiger partial charge on any atom is 0.123 e. The summed E-state index contributed by atoms with van der Waals surface area (Å²) in [4.78, 5) is 0. The van der Waals surface area contributed by atoms with E-state index in [2.05, 4.69) is 21.2 Å². The minimum absolute atomic E-state index is 0.0936. The second-order valence-corrected chi connectivity index (χ2v) is 4.80. The normalized spacial score (nSPS) is 20.5. The van der Waals surface area contributed by atoms with Gasteiger partial charge in [-0.3, -0.25) is 0 Å². The highest BCUT2D eigenvalue weighted by Crippen LogP contribution is 2.18. The Morgan fingerprint density at radius 3 is 3.18 bits per heavy atom. The summed E-state index contributed by atoms with van der Waals surface area (Å²) >= 11 is 3.37. The first-order chi connectivity index (χ1) is 8.25. The Hall–Kier alpha value is -0.490. The number of hydrogen-bond acceptors (Lipinski definition) is 3. The van der Waals surface area contributed by atoms with Crippen molar-refractivity contribution in [1.82, 2.24) is 5.32 Å². The molecule has 94 valence electrons. The number of morpholine rings is 1. The molecular weight excluding hydrogens is 289 g/mol. The Kier molecular flexibility index (Phi) is 4.91. The fourth-order valence-corrected chi connectivity index (χ4v) is 2.04. The van der Waals surface area contributed by atoms with Gasteiger partial charge in [-0.15, -0.1) is 0 Å². The molecule has 17 heavy (non-hydrogen) atoms. The number of ether oxygens (including phenoxy) is 2. The molecule has 1 aliphatic rings. The Bertz CT molecular complexity index is 370. The minimum atomic E-state index is -0.248. The van der Waals surface area contributed by atoms with Gasteiger partial charge in [-0.05, 0) is 23.8 Å². The van der Waals surface area contributed by atoms with Crippen LogP contribution in [0.15, 0.2) is 22.7 Å². The molecule has 1 aromatic rings. The summed E-state index contributed by atoms with van der Waals surface area (Å²) in [5, 5.41) is 3.23. The van der Waals surface area contributed by atoms with Gasteiger partial charge in [-0.1, -0.05) is 15.9 Å². The monoisotopic (exact) mass is 303 g/mol. The predicted octanol–water partition coefficient (Wildman–Crippen LogP) is 2.09. The van der Waals surface area contributed by atoms with Gasteiger partial charge in [-0.25, -0.2) is 4.39 Å². The van der Waals surface area contributed by atoms with Crippen LogP contribution in [0, 0.1) is 5.82 Å². The van der Waals surface area contributed by atoms with Gasteiger partial charge in [0.15, 0.2) is 0 Å². The number of rotatable bonds is 4. The lowest BCUT2D eigenvalue weighted by Gasteiger charge is -2.23. The fraction of sp³-hybridized carbons (Fsp3) is 0.500. The van der Waals surface area contributed by atoms with Crippen molar-refractivity contribution in [1.29, 1.82) is 0 Å². The maximum absolute atomic E-state index is 13.0. The molecule has 1 unspecified atom stereocenters. The van der Waals surface area contributed by atoms with E-state index in [0.29, 0.717) is 13.2 Å². The molecule has 1 N–H and O–H groups in total. The van der Waals surface area contributed by atoms with E-state index in [9.17, 15) is 4.39 Å². The average molecular weight is 304 g/mol. The molecule has 0 saturated carbocycles. The summed E-state index contributed by atoms with van der Waals surface area (Å²) < 4.78 is 24.9. The van der Waals surface area contributed by atoms with Gasteiger partial charge in [0.2, 0.25) is 0 Å². The maximum atomic E-state index is 13.0. The SMILES string of the molecule is Fc1ccc(Br)c(COCC2CNCCO2)c1. The number of halogens is 2. The first kappa shape index (κ1) is 13.0. The van der Waals surface area contributed by atoms with E-state index in [-0.39, 0.29) is 11.9 Å². The van der Waals surface area contributed by atoms with E-state index in [4.69, 9.17) is 9.47 Å². The molecule has 2 rings (SSSR count). The van der Waals surface area contributed by atoms with Crippen molar-refractivity contribution in [2.75, 3.05) is 26.3 Å². The van der Waals surface area contributed by atoms with Crippen molar-refractivity contribution in [3.8, 4) is 0 Å². The third-order valence-electron chi connectivity index (χ3n) is 2.57. The van der Waals surface area contributed by atoms with Gasteiger partial charge in [-0.2, -0.15) is 0 Å². The molecule has 0 aromatic heterocycles. The van der Waals surface area contributed by atoms with Gasteiger partial charge in [0, 0.05) is 17.6 Å². The van der Waals surface area contributed by atoms with Crippen molar-refractivity contribution in [3.63, 3.8) is 0 Å². The quantitative estimate of drug-likeness (QED) is 0.924. The summed E-state index contributed by atoms with van der Waals surface area (Å²) in [5.41, 5.74) is 0.814. The molecule has 0 amide bonds. The zero-order chi connectivity index (χ0) is 12.1. The Labute approximate surface area is 108 Å². The largest absolute Gasteiger partial charge is 0.374 e. The van der Waals surface area contributed by atoms with Gasteiger partial charge in [0.1, 0.15) is 5.82 Å². The average Bonchev–Trinajstić information content (AvgIpc) is 2.35. The molecule has 1 fully saturated rings. The van der Waals surface area contributed by atoms with E-state index < -0.39 is 0 Å². The molecule has 0 radical (unpaired) electrons. The van der Waals surface area contributed by atoms with Crippen LogP contribution < -0.4 is 5.32 Å². The van der Waals surface area contributed by atoms with Crippen molar-refractivity contribution >= 4 is 15.9 Å². The molecule has 1 atom stereocenters. The number of hydrogen-bond donors (Lipinski definition) is 1. The molecule has 0 spiro atoms.